The Balaban J connectivity index is 1.51. The van der Waals surface area contributed by atoms with Crippen LogP contribution in [0.15, 0.2) is 35.2 Å². The van der Waals surface area contributed by atoms with E-state index in [4.69, 9.17) is 0 Å². The second kappa shape index (κ2) is 7.91. The van der Waals surface area contributed by atoms with Gasteiger partial charge >= 0.3 is 0 Å². The number of amides is 1. The standard InChI is InChI=1S/C18H25NO3S2/c20-18(14-23-15-6-4-5-7-15)19-12-10-17(11-13-19)24(21,22)16-8-2-1-3-9-16/h1-3,8-9,15,17H,4-7,10-14H2. The summed E-state index contributed by atoms with van der Waals surface area (Å²) in [5.74, 6) is 0.711. The lowest BCUT2D eigenvalue weighted by Crippen LogP contribution is -2.43. The van der Waals surface area contributed by atoms with Crippen LogP contribution in [0, 0.1) is 0 Å². The third kappa shape index (κ3) is 4.14. The van der Waals surface area contributed by atoms with E-state index in [0.717, 1.165) is 0 Å². The Hall–Kier alpha value is -1.01. The predicted octanol–water partition coefficient (Wildman–Crippen LogP) is 3.13. The number of hydrogen-bond acceptors (Lipinski definition) is 4. The quantitative estimate of drug-likeness (QED) is 0.802. The van der Waals surface area contributed by atoms with Gasteiger partial charge < -0.3 is 4.90 Å². The molecule has 0 unspecified atom stereocenters. The van der Waals surface area contributed by atoms with Crippen molar-refractivity contribution in [2.24, 2.45) is 0 Å². The van der Waals surface area contributed by atoms with E-state index < -0.39 is 9.84 Å². The lowest BCUT2D eigenvalue weighted by Gasteiger charge is -2.32. The van der Waals surface area contributed by atoms with Crippen molar-refractivity contribution in [3.63, 3.8) is 0 Å². The molecule has 1 saturated carbocycles. The average molecular weight is 368 g/mol. The molecule has 1 saturated heterocycles. The van der Waals surface area contributed by atoms with E-state index in [9.17, 15) is 13.2 Å². The van der Waals surface area contributed by atoms with Crippen molar-refractivity contribution in [2.75, 3.05) is 18.8 Å². The van der Waals surface area contributed by atoms with Gasteiger partial charge in [-0.25, -0.2) is 8.42 Å². The number of benzene rings is 1. The van der Waals surface area contributed by atoms with Crippen LogP contribution in [-0.4, -0.2) is 48.6 Å². The van der Waals surface area contributed by atoms with Crippen molar-refractivity contribution in [3.8, 4) is 0 Å². The van der Waals surface area contributed by atoms with Crippen molar-refractivity contribution in [1.29, 1.82) is 0 Å². The number of piperidine rings is 1. The van der Waals surface area contributed by atoms with Gasteiger partial charge in [-0.15, -0.1) is 11.8 Å². The summed E-state index contributed by atoms with van der Waals surface area (Å²) in [6.07, 6.45) is 6.11. The molecule has 0 N–H and O–H groups in total. The Morgan fingerprint density at radius 3 is 2.29 bits per heavy atom. The molecule has 24 heavy (non-hydrogen) atoms. The lowest BCUT2D eigenvalue weighted by atomic mass is 10.1. The van der Waals surface area contributed by atoms with Crippen molar-refractivity contribution in [1.82, 2.24) is 4.90 Å². The number of carbonyl (C=O) groups excluding carboxylic acids is 1. The summed E-state index contributed by atoms with van der Waals surface area (Å²) in [5, 5.41) is 0.274. The summed E-state index contributed by atoms with van der Waals surface area (Å²) in [5.41, 5.74) is 0. The summed E-state index contributed by atoms with van der Waals surface area (Å²) in [7, 11) is -3.28. The van der Waals surface area contributed by atoms with E-state index >= 15 is 0 Å². The maximum atomic E-state index is 12.7. The molecule has 1 aromatic rings. The molecule has 1 aliphatic carbocycles. The topological polar surface area (TPSA) is 54.5 Å². The highest BCUT2D eigenvalue weighted by Crippen LogP contribution is 2.30. The van der Waals surface area contributed by atoms with Gasteiger partial charge in [0, 0.05) is 18.3 Å². The molecule has 0 spiro atoms. The number of carbonyl (C=O) groups is 1. The van der Waals surface area contributed by atoms with Gasteiger partial charge in [-0.1, -0.05) is 31.0 Å². The number of thioether (sulfide) groups is 1. The van der Waals surface area contributed by atoms with Crippen LogP contribution in [-0.2, 0) is 14.6 Å². The fourth-order valence-electron chi connectivity index (χ4n) is 3.55. The first-order valence-electron chi connectivity index (χ1n) is 8.75. The number of likely N-dealkylation sites (tertiary alicyclic amines) is 1. The first-order valence-corrected chi connectivity index (χ1v) is 11.4. The van der Waals surface area contributed by atoms with Crippen molar-refractivity contribution in [2.45, 2.75) is 53.9 Å². The minimum atomic E-state index is -3.28. The summed E-state index contributed by atoms with van der Waals surface area (Å²) >= 11 is 1.78. The SMILES string of the molecule is O=C(CSC1CCCC1)N1CCC(S(=O)(=O)c2ccccc2)CC1. The highest BCUT2D eigenvalue weighted by atomic mass is 32.2. The largest absolute Gasteiger partial charge is 0.342 e. The molecule has 1 heterocycles. The van der Waals surface area contributed by atoms with Crippen molar-refractivity contribution < 1.29 is 13.2 Å². The second-order valence-corrected chi connectivity index (χ2v) is 10.2. The van der Waals surface area contributed by atoms with Crippen LogP contribution in [0.25, 0.3) is 0 Å². The minimum Gasteiger partial charge on any atom is -0.342 e. The third-order valence-corrected chi connectivity index (χ3v) is 8.68. The van der Waals surface area contributed by atoms with E-state index in [2.05, 4.69) is 0 Å². The van der Waals surface area contributed by atoms with Gasteiger partial charge in [-0.05, 0) is 37.8 Å². The molecule has 0 atom stereocenters. The Labute approximate surface area is 148 Å². The highest BCUT2D eigenvalue weighted by Gasteiger charge is 2.32. The number of rotatable bonds is 5. The van der Waals surface area contributed by atoms with Crippen LogP contribution in [0.5, 0.6) is 0 Å². The van der Waals surface area contributed by atoms with Crippen LogP contribution in [0.2, 0.25) is 0 Å². The zero-order valence-corrected chi connectivity index (χ0v) is 15.5. The maximum Gasteiger partial charge on any atom is 0.232 e. The number of hydrogen-bond donors (Lipinski definition) is 0. The molecular formula is C18H25NO3S2. The molecule has 1 aromatic carbocycles. The van der Waals surface area contributed by atoms with Crippen LogP contribution < -0.4 is 0 Å². The maximum absolute atomic E-state index is 12.7. The molecule has 2 aliphatic rings. The minimum absolute atomic E-state index is 0.169. The summed E-state index contributed by atoms with van der Waals surface area (Å²) in [4.78, 5) is 14.6. The van der Waals surface area contributed by atoms with E-state index in [-0.39, 0.29) is 11.2 Å². The van der Waals surface area contributed by atoms with E-state index in [1.54, 1.807) is 36.0 Å². The number of sulfone groups is 1. The van der Waals surface area contributed by atoms with Crippen LogP contribution in [0.3, 0.4) is 0 Å². The van der Waals surface area contributed by atoms with Crippen LogP contribution in [0.1, 0.15) is 38.5 Å². The Morgan fingerprint density at radius 2 is 1.67 bits per heavy atom. The second-order valence-electron chi connectivity index (χ2n) is 6.66. The first kappa shape index (κ1) is 17.8. The van der Waals surface area contributed by atoms with Crippen LogP contribution >= 0.6 is 11.8 Å². The first-order chi connectivity index (χ1) is 11.6. The molecule has 3 rings (SSSR count). The molecule has 1 amide bonds. The summed E-state index contributed by atoms with van der Waals surface area (Å²) in [6.45, 7) is 1.11. The van der Waals surface area contributed by atoms with Gasteiger partial charge in [0.15, 0.2) is 9.84 Å². The Bertz CT molecular complexity index is 646. The summed E-state index contributed by atoms with van der Waals surface area (Å²) in [6, 6.07) is 8.65. The van der Waals surface area contributed by atoms with Gasteiger partial charge in [0.25, 0.3) is 0 Å². The normalized spacial score (nSPS) is 20.4. The van der Waals surface area contributed by atoms with E-state index in [0.29, 0.717) is 41.8 Å². The third-order valence-electron chi connectivity index (χ3n) is 5.05. The van der Waals surface area contributed by atoms with E-state index in [1.807, 2.05) is 11.0 Å². The molecule has 0 bridgehead atoms. The molecule has 0 radical (unpaired) electrons. The smallest absolute Gasteiger partial charge is 0.232 e. The molecule has 6 heteroatoms. The number of nitrogens with zero attached hydrogens (tertiary/aromatic N) is 1. The van der Waals surface area contributed by atoms with E-state index in [1.165, 1.54) is 25.7 Å². The van der Waals surface area contributed by atoms with Gasteiger partial charge in [-0.2, -0.15) is 0 Å². The molecule has 4 nitrogen and oxygen atoms in total. The average Bonchev–Trinajstić information content (AvgIpc) is 3.14. The monoisotopic (exact) mass is 367 g/mol. The lowest BCUT2D eigenvalue weighted by molar-refractivity contribution is -0.129. The fourth-order valence-corrected chi connectivity index (χ4v) is 6.53. The molecule has 1 aliphatic heterocycles. The molecular weight excluding hydrogens is 342 g/mol. The van der Waals surface area contributed by atoms with Crippen LogP contribution in [0.4, 0.5) is 0 Å². The van der Waals surface area contributed by atoms with Crippen molar-refractivity contribution >= 4 is 27.5 Å². The van der Waals surface area contributed by atoms with Gasteiger partial charge in [0.2, 0.25) is 5.91 Å². The van der Waals surface area contributed by atoms with Gasteiger partial charge in [0.05, 0.1) is 15.9 Å². The van der Waals surface area contributed by atoms with Gasteiger partial charge in [0.1, 0.15) is 0 Å². The fraction of sp³-hybridized carbons (Fsp3) is 0.611. The Kier molecular flexibility index (Phi) is 5.87. The zero-order chi connectivity index (χ0) is 17.0. The molecule has 0 aromatic heterocycles. The molecule has 2 fully saturated rings. The summed E-state index contributed by atoms with van der Waals surface area (Å²) < 4.78 is 25.3. The highest BCUT2D eigenvalue weighted by molar-refractivity contribution is 8.00. The zero-order valence-electron chi connectivity index (χ0n) is 13.9. The Morgan fingerprint density at radius 1 is 1.04 bits per heavy atom. The van der Waals surface area contributed by atoms with Gasteiger partial charge in [-0.3, -0.25) is 4.79 Å². The predicted molar refractivity (Wildman–Crippen MR) is 97.9 cm³/mol. The van der Waals surface area contributed by atoms with Crippen molar-refractivity contribution in [3.05, 3.63) is 30.3 Å². The molecule has 132 valence electrons.